The van der Waals surface area contributed by atoms with Gasteiger partial charge in [-0.05, 0) is 26.3 Å². The van der Waals surface area contributed by atoms with E-state index in [0.29, 0.717) is 0 Å². The second kappa shape index (κ2) is 10.1. The van der Waals surface area contributed by atoms with Crippen LogP contribution in [0.5, 0.6) is 0 Å². The third-order valence-corrected chi connectivity index (χ3v) is 4.35. The minimum atomic E-state index is -1.12. The standard InChI is InChI=1S/C21H28N2O7/c1-21(2,3)30-17(24)12-16-19(26)22(13-18(25)28-4)10-11-23(16)20(27)29-14-15-8-6-5-7-9-15/h5-9,16H,10-14H2,1-4H3/t16-/m0/s1. The number of methoxy groups -OCH3 is 1. The summed E-state index contributed by atoms with van der Waals surface area (Å²) in [4.78, 5) is 52.0. The Morgan fingerprint density at radius 3 is 2.33 bits per heavy atom. The molecule has 1 saturated heterocycles. The minimum absolute atomic E-state index is 0.0371. The molecule has 0 bridgehead atoms. The second-order valence-electron chi connectivity index (χ2n) is 7.88. The Morgan fingerprint density at radius 1 is 1.07 bits per heavy atom. The van der Waals surface area contributed by atoms with E-state index in [1.807, 2.05) is 30.3 Å². The van der Waals surface area contributed by atoms with Crippen LogP contribution < -0.4 is 0 Å². The van der Waals surface area contributed by atoms with Crippen molar-refractivity contribution in [2.45, 2.75) is 45.4 Å². The third kappa shape index (κ3) is 6.75. The molecule has 0 spiro atoms. The van der Waals surface area contributed by atoms with Crippen molar-refractivity contribution in [3.05, 3.63) is 35.9 Å². The maximum atomic E-state index is 12.9. The normalized spacial score (nSPS) is 16.8. The van der Waals surface area contributed by atoms with Gasteiger partial charge in [0, 0.05) is 13.1 Å². The van der Waals surface area contributed by atoms with Gasteiger partial charge in [0.15, 0.2) is 0 Å². The summed E-state index contributed by atoms with van der Waals surface area (Å²) in [5.41, 5.74) is 0.0595. The molecule has 2 rings (SSSR count). The number of benzene rings is 1. The lowest BCUT2D eigenvalue weighted by Crippen LogP contribution is -2.60. The van der Waals surface area contributed by atoms with E-state index in [9.17, 15) is 19.2 Å². The number of carbonyl (C=O) groups is 4. The van der Waals surface area contributed by atoms with Crippen molar-refractivity contribution in [2.75, 3.05) is 26.7 Å². The topological polar surface area (TPSA) is 102 Å². The molecule has 1 aromatic rings. The van der Waals surface area contributed by atoms with Gasteiger partial charge in [-0.15, -0.1) is 0 Å². The fourth-order valence-corrected chi connectivity index (χ4v) is 2.98. The molecule has 1 aromatic carbocycles. The van der Waals surface area contributed by atoms with E-state index in [2.05, 4.69) is 4.74 Å². The van der Waals surface area contributed by atoms with Crippen molar-refractivity contribution >= 4 is 23.9 Å². The predicted molar refractivity (Wildman–Crippen MR) is 106 cm³/mol. The van der Waals surface area contributed by atoms with Gasteiger partial charge < -0.3 is 19.1 Å². The molecule has 0 N–H and O–H groups in total. The van der Waals surface area contributed by atoms with Gasteiger partial charge in [0.2, 0.25) is 5.91 Å². The summed E-state index contributed by atoms with van der Waals surface area (Å²) in [6, 6.07) is 7.99. The molecule has 1 aliphatic heterocycles. The highest BCUT2D eigenvalue weighted by molar-refractivity contribution is 5.92. The van der Waals surface area contributed by atoms with Gasteiger partial charge in [0.05, 0.1) is 13.5 Å². The van der Waals surface area contributed by atoms with E-state index in [1.165, 1.54) is 16.9 Å². The van der Waals surface area contributed by atoms with Gasteiger partial charge in [-0.25, -0.2) is 4.79 Å². The number of ether oxygens (including phenoxy) is 3. The molecule has 164 valence electrons. The predicted octanol–water partition coefficient (Wildman–Crippen LogP) is 1.74. The molecule has 30 heavy (non-hydrogen) atoms. The van der Waals surface area contributed by atoms with E-state index in [-0.39, 0.29) is 32.7 Å². The van der Waals surface area contributed by atoms with Crippen LogP contribution >= 0.6 is 0 Å². The Balaban J connectivity index is 2.12. The maximum absolute atomic E-state index is 12.9. The molecular weight excluding hydrogens is 392 g/mol. The molecule has 1 heterocycles. The fourth-order valence-electron chi connectivity index (χ4n) is 2.98. The Morgan fingerprint density at radius 2 is 1.73 bits per heavy atom. The van der Waals surface area contributed by atoms with Crippen LogP contribution in [0.3, 0.4) is 0 Å². The molecule has 9 nitrogen and oxygen atoms in total. The number of esters is 2. The zero-order chi connectivity index (χ0) is 22.3. The van der Waals surface area contributed by atoms with Crippen LogP contribution in [-0.2, 0) is 35.2 Å². The molecule has 0 radical (unpaired) electrons. The summed E-state index contributed by atoms with van der Waals surface area (Å²) < 4.78 is 15.3. The van der Waals surface area contributed by atoms with E-state index < -0.39 is 35.6 Å². The Bertz CT molecular complexity index is 773. The van der Waals surface area contributed by atoms with E-state index in [1.54, 1.807) is 20.8 Å². The zero-order valence-corrected chi connectivity index (χ0v) is 17.8. The van der Waals surface area contributed by atoms with Crippen molar-refractivity contribution in [2.24, 2.45) is 0 Å². The smallest absolute Gasteiger partial charge is 0.410 e. The average molecular weight is 420 g/mol. The van der Waals surface area contributed by atoms with Gasteiger partial charge in [-0.3, -0.25) is 19.3 Å². The van der Waals surface area contributed by atoms with E-state index >= 15 is 0 Å². The van der Waals surface area contributed by atoms with Crippen LogP contribution in [-0.4, -0.2) is 72.1 Å². The molecule has 1 fully saturated rings. The SMILES string of the molecule is COC(=O)CN1CCN(C(=O)OCc2ccccc2)[C@@H](CC(=O)OC(C)(C)C)C1=O. The molecule has 2 amide bonds. The zero-order valence-electron chi connectivity index (χ0n) is 17.8. The van der Waals surface area contributed by atoms with Crippen LogP contribution in [0.1, 0.15) is 32.8 Å². The molecule has 9 heteroatoms. The average Bonchev–Trinajstić information content (AvgIpc) is 2.68. The van der Waals surface area contributed by atoms with Crippen molar-refractivity contribution in [3.8, 4) is 0 Å². The summed E-state index contributed by atoms with van der Waals surface area (Å²) in [6.45, 7) is 5.15. The molecular formula is C21H28N2O7. The summed E-state index contributed by atoms with van der Waals surface area (Å²) in [6.07, 6.45) is -1.05. The number of carbonyl (C=O) groups excluding carboxylic acids is 4. The lowest BCUT2D eigenvalue weighted by molar-refractivity contribution is -0.161. The monoisotopic (exact) mass is 420 g/mol. The van der Waals surface area contributed by atoms with Gasteiger partial charge >= 0.3 is 18.0 Å². The molecule has 1 aliphatic rings. The third-order valence-electron chi connectivity index (χ3n) is 4.35. The van der Waals surface area contributed by atoms with Gasteiger partial charge in [0.25, 0.3) is 0 Å². The number of hydrogen-bond acceptors (Lipinski definition) is 7. The highest BCUT2D eigenvalue weighted by Crippen LogP contribution is 2.19. The first-order valence-electron chi connectivity index (χ1n) is 9.65. The lowest BCUT2D eigenvalue weighted by atomic mass is 10.1. The van der Waals surface area contributed by atoms with E-state index in [0.717, 1.165) is 5.56 Å². The minimum Gasteiger partial charge on any atom is -0.468 e. The number of hydrogen-bond donors (Lipinski definition) is 0. The summed E-state index contributed by atoms with van der Waals surface area (Å²) in [7, 11) is 1.22. The molecule has 0 unspecified atom stereocenters. The lowest BCUT2D eigenvalue weighted by Gasteiger charge is -2.39. The van der Waals surface area contributed by atoms with Gasteiger partial charge in [-0.2, -0.15) is 0 Å². The van der Waals surface area contributed by atoms with Crippen LogP contribution in [0.4, 0.5) is 4.79 Å². The van der Waals surface area contributed by atoms with Gasteiger partial charge in [0.1, 0.15) is 24.8 Å². The summed E-state index contributed by atoms with van der Waals surface area (Å²) in [5, 5.41) is 0. The molecule has 0 aliphatic carbocycles. The molecule has 0 saturated carbocycles. The van der Waals surface area contributed by atoms with Gasteiger partial charge in [-0.1, -0.05) is 30.3 Å². The van der Waals surface area contributed by atoms with Crippen molar-refractivity contribution < 1.29 is 33.4 Å². The first-order valence-corrected chi connectivity index (χ1v) is 9.65. The number of amides is 2. The quantitative estimate of drug-likeness (QED) is 0.510. The Kier molecular flexibility index (Phi) is 7.79. The second-order valence-corrected chi connectivity index (χ2v) is 7.88. The Hall–Kier alpha value is -3.10. The van der Waals surface area contributed by atoms with Crippen LogP contribution in [0, 0.1) is 0 Å². The first kappa shape index (κ1) is 23.2. The summed E-state index contributed by atoms with van der Waals surface area (Å²) >= 11 is 0. The Labute approximate surface area is 175 Å². The van der Waals surface area contributed by atoms with Crippen LogP contribution in [0.15, 0.2) is 30.3 Å². The highest BCUT2D eigenvalue weighted by atomic mass is 16.6. The number of rotatable bonds is 6. The maximum Gasteiger partial charge on any atom is 0.410 e. The summed E-state index contributed by atoms with van der Waals surface area (Å²) in [5.74, 6) is -1.74. The van der Waals surface area contributed by atoms with Crippen molar-refractivity contribution in [1.82, 2.24) is 9.80 Å². The largest absolute Gasteiger partial charge is 0.468 e. The van der Waals surface area contributed by atoms with E-state index in [4.69, 9.17) is 9.47 Å². The van der Waals surface area contributed by atoms with Crippen molar-refractivity contribution in [3.63, 3.8) is 0 Å². The van der Waals surface area contributed by atoms with Crippen LogP contribution in [0.2, 0.25) is 0 Å². The number of piperazine rings is 1. The fraction of sp³-hybridized carbons (Fsp3) is 0.524. The first-order chi connectivity index (χ1) is 14.1. The van der Waals surface area contributed by atoms with Crippen molar-refractivity contribution in [1.29, 1.82) is 0 Å². The molecule has 0 aromatic heterocycles. The highest BCUT2D eigenvalue weighted by Gasteiger charge is 2.41. The van der Waals surface area contributed by atoms with Crippen LogP contribution in [0.25, 0.3) is 0 Å². The molecule has 1 atom stereocenters. The number of nitrogens with zero attached hydrogens (tertiary/aromatic N) is 2.